The van der Waals surface area contributed by atoms with Gasteiger partial charge in [0.25, 0.3) is 0 Å². The van der Waals surface area contributed by atoms with Gasteiger partial charge in [0.2, 0.25) is 0 Å². The van der Waals surface area contributed by atoms with Crippen LogP contribution in [0.2, 0.25) is 0 Å². The van der Waals surface area contributed by atoms with Gasteiger partial charge in [-0.2, -0.15) is 0 Å². The summed E-state index contributed by atoms with van der Waals surface area (Å²) in [7, 11) is 0. The fourth-order valence-electron chi connectivity index (χ4n) is 6.18. The zero-order valence-electron chi connectivity index (χ0n) is 25.3. The number of rotatable bonds is 3. The Kier molecular flexibility index (Phi) is 8.07. The van der Waals surface area contributed by atoms with Crippen LogP contribution < -0.4 is 0 Å². The zero-order valence-corrected chi connectivity index (χ0v) is 25.3. The minimum atomic E-state index is 0.918. The lowest BCUT2D eigenvalue weighted by Gasteiger charge is -2.19. The summed E-state index contributed by atoms with van der Waals surface area (Å²) in [5.74, 6) is 0. The van der Waals surface area contributed by atoms with Crippen LogP contribution in [-0.4, -0.2) is 0 Å². The van der Waals surface area contributed by atoms with Crippen LogP contribution in [0.25, 0.3) is 76.9 Å². The second kappa shape index (κ2) is 12.4. The van der Waals surface area contributed by atoms with Crippen molar-refractivity contribution in [2.45, 2.75) is 27.7 Å². The molecule has 1 heterocycles. The highest BCUT2D eigenvalue weighted by Gasteiger charge is 2.19. The molecule has 8 aromatic rings. The van der Waals surface area contributed by atoms with Crippen LogP contribution in [0.4, 0.5) is 0 Å². The highest BCUT2D eigenvalue weighted by Crippen LogP contribution is 2.46. The first-order valence-electron chi connectivity index (χ1n) is 15.4. The third-order valence-electron chi connectivity index (χ3n) is 7.88. The van der Waals surface area contributed by atoms with Gasteiger partial charge in [-0.05, 0) is 73.1 Å². The van der Waals surface area contributed by atoms with Crippen LogP contribution in [0.1, 0.15) is 27.7 Å². The molecule has 0 N–H and O–H groups in total. The molecule has 0 saturated heterocycles. The Hall–Kier alpha value is -5.14. The first kappa shape index (κ1) is 28.0. The van der Waals surface area contributed by atoms with Gasteiger partial charge in [-0.15, -0.1) is 0 Å². The van der Waals surface area contributed by atoms with E-state index >= 15 is 0 Å². The third kappa shape index (κ3) is 4.87. The first-order chi connectivity index (χ1) is 21.4. The lowest BCUT2D eigenvalue weighted by atomic mass is 9.83. The summed E-state index contributed by atoms with van der Waals surface area (Å²) in [6.07, 6.45) is 0. The van der Waals surface area contributed by atoms with Crippen molar-refractivity contribution in [2.75, 3.05) is 0 Å². The SMILES string of the molecule is CC.CC.c1ccc(-c2ccccc2-c2c3ccccc3c(-c3ccc4oc5ccccc5c4c3)c3ccccc23)cc1. The van der Waals surface area contributed by atoms with Gasteiger partial charge in [-0.25, -0.2) is 0 Å². The van der Waals surface area contributed by atoms with Gasteiger partial charge in [0.1, 0.15) is 11.2 Å². The topological polar surface area (TPSA) is 13.1 Å². The Balaban J connectivity index is 0.000000792. The van der Waals surface area contributed by atoms with Crippen LogP contribution in [-0.2, 0) is 0 Å². The van der Waals surface area contributed by atoms with Gasteiger partial charge in [0, 0.05) is 10.8 Å². The van der Waals surface area contributed by atoms with E-state index in [1.165, 1.54) is 54.9 Å². The Labute approximate surface area is 254 Å². The lowest BCUT2D eigenvalue weighted by Crippen LogP contribution is -1.92. The molecule has 0 aliphatic heterocycles. The van der Waals surface area contributed by atoms with Gasteiger partial charge in [-0.1, -0.05) is 155 Å². The van der Waals surface area contributed by atoms with Crippen molar-refractivity contribution < 1.29 is 4.42 Å². The summed E-state index contributed by atoms with van der Waals surface area (Å²) in [6.45, 7) is 8.00. The number of hydrogen-bond donors (Lipinski definition) is 0. The summed E-state index contributed by atoms with van der Waals surface area (Å²) in [4.78, 5) is 0. The van der Waals surface area contributed by atoms with Crippen molar-refractivity contribution in [1.29, 1.82) is 0 Å². The number of benzene rings is 7. The second-order valence-corrected chi connectivity index (χ2v) is 10.1. The molecular weight excluding hydrogens is 520 g/mol. The molecule has 0 fully saturated rings. The van der Waals surface area contributed by atoms with Crippen LogP contribution in [0.5, 0.6) is 0 Å². The highest BCUT2D eigenvalue weighted by atomic mass is 16.3. The molecule has 1 heteroatoms. The lowest BCUT2D eigenvalue weighted by molar-refractivity contribution is 0.669. The van der Waals surface area contributed by atoms with E-state index in [1.807, 2.05) is 39.8 Å². The van der Waals surface area contributed by atoms with Gasteiger partial charge in [0.05, 0.1) is 0 Å². The van der Waals surface area contributed by atoms with Gasteiger partial charge >= 0.3 is 0 Å². The van der Waals surface area contributed by atoms with E-state index in [1.54, 1.807) is 0 Å². The molecule has 0 amide bonds. The van der Waals surface area contributed by atoms with E-state index in [2.05, 4.69) is 133 Å². The molecule has 7 aromatic carbocycles. The van der Waals surface area contributed by atoms with Crippen LogP contribution in [0, 0.1) is 0 Å². The smallest absolute Gasteiger partial charge is 0.135 e. The first-order valence-corrected chi connectivity index (χ1v) is 15.4. The summed E-state index contributed by atoms with van der Waals surface area (Å²) >= 11 is 0. The fourth-order valence-corrected chi connectivity index (χ4v) is 6.18. The molecule has 1 nitrogen and oxygen atoms in total. The van der Waals surface area contributed by atoms with E-state index in [4.69, 9.17) is 4.42 Å². The van der Waals surface area contributed by atoms with Crippen LogP contribution in [0.15, 0.2) is 150 Å². The Morgan fingerprint density at radius 3 is 1.42 bits per heavy atom. The molecule has 1 aromatic heterocycles. The average Bonchev–Trinajstić information content (AvgIpc) is 3.47. The second-order valence-electron chi connectivity index (χ2n) is 10.1. The van der Waals surface area contributed by atoms with Gasteiger partial charge in [0.15, 0.2) is 0 Å². The minimum Gasteiger partial charge on any atom is -0.456 e. The minimum absolute atomic E-state index is 0.918. The molecule has 0 aliphatic rings. The molecule has 0 saturated carbocycles. The molecule has 0 spiro atoms. The summed E-state index contributed by atoms with van der Waals surface area (Å²) in [5, 5.41) is 7.31. The standard InChI is InChI=1S/C38H24O.2C2H6/c1-2-12-25(13-3-1)27-14-4-5-16-29(27)38-32-19-8-6-17-30(32)37(31-18-7-9-20-33(31)38)26-22-23-36-34(24-26)28-15-10-11-21-35(28)39-36;2*1-2/h1-24H;2*1-2H3. The maximum absolute atomic E-state index is 6.15. The molecular formula is C42H36O. The maximum Gasteiger partial charge on any atom is 0.135 e. The summed E-state index contributed by atoms with van der Waals surface area (Å²) in [6, 6.07) is 52.1. The number of hydrogen-bond acceptors (Lipinski definition) is 1. The van der Waals surface area contributed by atoms with Crippen molar-refractivity contribution in [2.24, 2.45) is 0 Å². The Bertz CT molecular complexity index is 2110. The average molecular weight is 557 g/mol. The van der Waals surface area contributed by atoms with Crippen molar-refractivity contribution in [3.05, 3.63) is 146 Å². The van der Waals surface area contributed by atoms with Gasteiger partial charge in [-0.3, -0.25) is 0 Å². The van der Waals surface area contributed by atoms with Crippen molar-refractivity contribution in [1.82, 2.24) is 0 Å². The summed E-state index contributed by atoms with van der Waals surface area (Å²) < 4.78 is 6.15. The van der Waals surface area contributed by atoms with E-state index in [0.717, 1.165) is 21.9 Å². The van der Waals surface area contributed by atoms with Crippen LogP contribution in [0.3, 0.4) is 0 Å². The number of furan rings is 1. The quantitative estimate of drug-likeness (QED) is 0.197. The predicted molar refractivity (Wildman–Crippen MR) is 188 cm³/mol. The van der Waals surface area contributed by atoms with Crippen molar-refractivity contribution >= 4 is 43.5 Å². The van der Waals surface area contributed by atoms with E-state index in [0.29, 0.717) is 0 Å². The van der Waals surface area contributed by atoms with Gasteiger partial charge < -0.3 is 4.42 Å². The fraction of sp³-hybridized carbons (Fsp3) is 0.0952. The highest BCUT2D eigenvalue weighted by molar-refractivity contribution is 6.23. The molecule has 43 heavy (non-hydrogen) atoms. The molecule has 0 bridgehead atoms. The molecule has 0 atom stereocenters. The van der Waals surface area contributed by atoms with Crippen LogP contribution >= 0.6 is 0 Å². The largest absolute Gasteiger partial charge is 0.456 e. The van der Waals surface area contributed by atoms with E-state index in [-0.39, 0.29) is 0 Å². The number of fused-ring (bicyclic) bond motifs is 5. The third-order valence-corrected chi connectivity index (χ3v) is 7.88. The maximum atomic E-state index is 6.15. The van der Waals surface area contributed by atoms with Crippen molar-refractivity contribution in [3.63, 3.8) is 0 Å². The Morgan fingerprint density at radius 2 is 0.791 bits per heavy atom. The molecule has 210 valence electrons. The van der Waals surface area contributed by atoms with Crippen molar-refractivity contribution in [3.8, 4) is 33.4 Å². The number of para-hydroxylation sites is 1. The molecule has 8 rings (SSSR count). The molecule has 0 radical (unpaired) electrons. The predicted octanol–water partition coefficient (Wildman–Crippen LogP) is 12.9. The normalized spacial score (nSPS) is 10.8. The monoisotopic (exact) mass is 556 g/mol. The Morgan fingerprint density at radius 1 is 0.326 bits per heavy atom. The molecule has 0 aliphatic carbocycles. The van der Waals surface area contributed by atoms with E-state index in [9.17, 15) is 0 Å². The molecule has 0 unspecified atom stereocenters. The zero-order chi connectivity index (χ0) is 29.8. The van der Waals surface area contributed by atoms with E-state index < -0.39 is 0 Å². The summed E-state index contributed by atoms with van der Waals surface area (Å²) in [5.41, 5.74) is 9.29.